The third-order valence-electron chi connectivity index (χ3n) is 12.9. The maximum atomic E-state index is 14.8. The fourth-order valence-electron chi connectivity index (χ4n) is 8.43. The van der Waals surface area contributed by atoms with E-state index in [-0.39, 0.29) is 47.6 Å². The van der Waals surface area contributed by atoms with Crippen molar-refractivity contribution in [2.45, 2.75) is 57.8 Å². The second-order valence-electron chi connectivity index (χ2n) is 18.3. The van der Waals surface area contributed by atoms with E-state index in [9.17, 15) is 40.9 Å². The first-order valence-electron chi connectivity index (χ1n) is 24.0. The molecule has 0 radical (unpaired) electrons. The van der Waals surface area contributed by atoms with E-state index in [2.05, 4.69) is 46.9 Å². The predicted octanol–water partition coefficient (Wildman–Crippen LogP) is 7.83. The summed E-state index contributed by atoms with van der Waals surface area (Å²) in [6, 6.07) is 15.7. The third-order valence-corrected chi connectivity index (χ3v) is 13.6. The number of carbonyl (C=O) groups excluding carboxylic acids is 4. The summed E-state index contributed by atoms with van der Waals surface area (Å²) < 4.78 is 71.6. The molecule has 2 saturated carbocycles. The summed E-state index contributed by atoms with van der Waals surface area (Å²) in [6.45, 7) is 6.07. The van der Waals surface area contributed by atoms with E-state index in [0.29, 0.717) is 82.8 Å². The van der Waals surface area contributed by atoms with Crippen molar-refractivity contribution in [3.63, 3.8) is 0 Å². The van der Waals surface area contributed by atoms with Crippen LogP contribution in [0.2, 0.25) is 0 Å². The van der Waals surface area contributed by atoms with Crippen LogP contribution < -0.4 is 41.7 Å². The Morgan fingerprint density at radius 1 is 0.649 bits per heavy atom. The number of amides is 6. The largest absolute Gasteiger partial charge is 0.353 e. The number of para-hydroxylation sites is 2. The minimum atomic E-state index is -1.67. The van der Waals surface area contributed by atoms with E-state index in [4.69, 9.17) is 4.98 Å². The first-order chi connectivity index (χ1) is 35.6. The van der Waals surface area contributed by atoms with Gasteiger partial charge in [0.25, 0.3) is 11.8 Å². The second-order valence-corrected chi connectivity index (χ2v) is 19.6. The van der Waals surface area contributed by atoms with Gasteiger partial charge < -0.3 is 31.9 Å². The van der Waals surface area contributed by atoms with E-state index >= 15 is 0 Å². The van der Waals surface area contributed by atoms with Crippen molar-refractivity contribution in [2.24, 2.45) is 11.8 Å². The zero-order valence-electron chi connectivity index (χ0n) is 40.8. The number of fused-ring (bicyclic) bond motifs is 2. The van der Waals surface area contributed by atoms with Gasteiger partial charge in [-0.3, -0.25) is 13.8 Å². The van der Waals surface area contributed by atoms with Crippen molar-refractivity contribution < 1.29 is 40.9 Å². The van der Waals surface area contributed by atoms with Gasteiger partial charge in [-0.15, -0.1) is 0 Å². The smallest absolute Gasteiger partial charge is 0.328 e. The minimum Gasteiger partial charge on any atom is -0.353 e. The fraction of sp³-hybridized carbons (Fsp3) is 0.308. The average Bonchev–Trinajstić information content (AvgIpc) is 4.33. The molecule has 74 heavy (non-hydrogen) atoms. The highest BCUT2D eigenvalue weighted by molar-refractivity contribution is 7.84. The topological polar surface area (TPSA) is 216 Å². The van der Waals surface area contributed by atoms with Gasteiger partial charge in [0.15, 0.2) is 11.6 Å². The summed E-state index contributed by atoms with van der Waals surface area (Å²) in [5.41, 5.74) is 4.22. The Labute approximate surface area is 425 Å². The molecule has 0 bridgehead atoms. The highest BCUT2D eigenvalue weighted by atomic mass is 32.2. The molecule has 2 fully saturated rings. The van der Waals surface area contributed by atoms with Crippen molar-refractivity contribution in [2.75, 3.05) is 54.6 Å². The van der Waals surface area contributed by atoms with E-state index in [1.165, 1.54) is 18.4 Å². The van der Waals surface area contributed by atoms with Crippen LogP contribution in [-0.2, 0) is 23.9 Å². The predicted molar refractivity (Wildman–Crippen MR) is 271 cm³/mol. The van der Waals surface area contributed by atoms with Crippen LogP contribution in [0.5, 0.6) is 0 Å². The molecule has 22 heteroatoms. The van der Waals surface area contributed by atoms with Crippen LogP contribution in [0.3, 0.4) is 0 Å². The molecule has 6 aromatic rings. The molecule has 6 amide bonds. The molecule has 2 aliphatic heterocycles. The van der Waals surface area contributed by atoms with Gasteiger partial charge in [0.05, 0.1) is 35.3 Å². The van der Waals surface area contributed by atoms with Crippen molar-refractivity contribution in [1.29, 1.82) is 0 Å². The normalized spacial score (nSPS) is 15.2. The number of benzene rings is 4. The molecule has 4 aromatic carbocycles. The molecule has 0 saturated heterocycles. The Kier molecular flexibility index (Phi) is 15.0. The highest BCUT2D eigenvalue weighted by Gasteiger charge is 2.37. The van der Waals surface area contributed by atoms with Gasteiger partial charge >= 0.3 is 12.1 Å². The molecule has 1 unspecified atom stereocenters. The molecule has 17 nitrogen and oxygen atoms in total. The number of nitrogens with one attached hydrogen (secondary N) is 6. The lowest BCUT2D eigenvalue weighted by Gasteiger charge is -2.31. The Morgan fingerprint density at radius 2 is 1.09 bits per heavy atom. The van der Waals surface area contributed by atoms with Crippen molar-refractivity contribution in [1.82, 2.24) is 46.5 Å². The first kappa shape index (κ1) is 51.1. The lowest BCUT2D eigenvalue weighted by molar-refractivity contribution is 0.0943. The Hall–Kier alpha value is -7.85. The van der Waals surface area contributed by atoms with Gasteiger partial charge in [0.1, 0.15) is 34.6 Å². The fourth-order valence-corrected chi connectivity index (χ4v) is 8.86. The molecule has 1 atom stereocenters. The number of hydrogen-bond donors (Lipinski definition) is 6. The Balaban J connectivity index is 0.000000182. The summed E-state index contributed by atoms with van der Waals surface area (Å²) in [5, 5.41) is 17.2. The summed E-state index contributed by atoms with van der Waals surface area (Å²) in [6.07, 6.45) is 5.83. The van der Waals surface area contributed by atoms with Gasteiger partial charge in [0.2, 0.25) is 11.1 Å². The molecule has 0 spiro atoms. The number of anilines is 5. The van der Waals surface area contributed by atoms with Crippen molar-refractivity contribution in [3.8, 4) is 22.5 Å². The van der Waals surface area contributed by atoms with Gasteiger partial charge in [0, 0.05) is 65.8 Å². The van der Waals surface area contributed by atoms with Crippen LogP contribution in [0.25, 0.3) is 22.5 Å². The van der Waals surface area contributed by atoms with E-state index < -0.39 is 57.5 Å². The summed E-state index contributed by atoms with van der Waals surface area (Å²) in [7, 11) is 0.129. The first-order valence-corrected chi connectivity index (χ1v) is 25.5. The maximum Gasteiger partial charge on any atom is 0.328 e. The number of aryl methyl sites for hydroxylation is 2. The Bertz CT molecular complexity index is 3210. The molecular formula is C52H52F4N12O5S. The molecule has 384 valence electrons. The number of aromatic nitrogens is 4. The average molecular weight is 1030 g/mol. The Morgan fingerprint density at radius 3 is 1.53 bits per heavy atom. The molecule has 6 N–H and O–H groups in total. The van der Waals surface area contributed by atoms with Crippen LogP contribution in [0, 0.1) is 49.0 Å². The summed E-state index contributed by atoms with van der Waals surface area (Å²) in [5.74, 6) is -2.88. The molecule has 4 heterocycles. The van der Waals surface area contributed by atoms with E-state index in [1.807, 2.05) is 19.9 Å². The van der Waals surface area contributed by atoms with E-state index in [0.717, 1.165) is 70.9 Å². The van der Waals surface area contributed by atoms with Gasteiger partial charge in [-0.25, -0.2) is 51.9 Å². The minimum absolute atomic E-state index is 0.0236. The van der Waals surface area contributed by atoms with E-state index in [1.54, 1.807) is 37.4 Å². The zero-order chi connectivity index (χ0) is 52.4. The number of rotatable bonds is 15. The van der Waals surface area contributed by atoms with Gasteiger partial charge in [-0.2, -0.15) is 4.98 Å². The zero-order valence-corrected chi connectivity index (χ0v) is 41.6. The lowest BCUT2D eigenvalue weighted by Crippen LogP contribution is -2.43. The van der Waals surface area contributed by atoms with Gasteiger partial charge in [-0.1, -0.05) is 24.3 Å². The molecular weight excluding hydrogens is 981 g/mol. The van der Waals surface area contributed by atoms with Crippen LogP contribution in [0.15, 0.2) is 78.0 Å². The maximum absolute atomic E-state index is 14.8. The van der Waals surface area contributed by atoms with Crippen molar-refractivity contribution in [3.05, 3.63) is 129 Å². The molecule has 2 aromatic heterocycles. The highest BCUT2D eigenvalue weighted by Crippen LogP contribution is 2.41. The summed E-state index contributed by atoms with van der Waals surface area (Å²) >= 11 is 0. The SMILES string of the molecule is CNCCNc1nc(-c2cc(C(=O)NCC3CC3)ccc2C)c2c(n1)N(c1c(F)cccc1F)C(=O)NC2.Cc1ccc(C(=O)NCC2CC2)cc1-c1nc(S(C)=O)nc2c1CNC(=O)N2c1c(F)cccc1F. The summed E-state index contributed by atoms with van der Waals surface area (Å²) in [4.78, 5) is 71.1. The number of hydrogen-bond acceptors (Lipinski definition) is 11. The number of halogens is 4. The number of carbonyl (C=O) groups is 4. The lowest BCUT2D eigenvalue weighted by atomic mass is 9.97. The third kappa shape index (κ3) is 10.9. The standard InChI is InChI=1S/C27H29F2N7O2.C25H23F2N5O3S/c1-15-6-9-17(25(37)32-13-16-7-8-16)12-18(15)22-19-14-33-27(38)36(23-20(28)4-3-5-21(23)29)24(19)35-26(34-22)31-11-10-30-2;1-13-6-9-15(23(33)28-11-14-7-8-14)10-16(13)20-17-12-29-25(34)32(21-18(26)4-3-5-19(21)27)22(17)31-24(30-20)36(2)35/h3-6,9,12,16,30H,7-8,10-11,13-14H2,1-2H3,(H,32,37)(H,33,38)(H,31,34,35);3-6,9-10,14H,7-8,11-12H2,1-2H3,(H,28,33)(H,29,34). The number of nitrogens with zero attached hydrogens (tertiary/aromatic N) is 6. The van der Waals surface area contributed by atoms with Crippen LogP contribution in [-0.4, -0.2) is 87.5 Å². The van der Waals surface area contributed by atoms with Crippen molar-refractivity contribution >= 4 is 63.6 Å². The second kappa shape index (κ2) is 21.7. The van der Waals surface area contributed by atoms with Crippen LogP contribution in [0.4, 0.5) is 56.1 Å². The van der Waals surface area contributed by atoms with Crippen LogP contribution in [0.1, 0.15) is 68.7 Å². The number of likely N-dealkylation sites (N-methyl/N-ethyl adjacent to an activating group) is 1. The molecule has 4 aliphatic rings. The quantitative estimate of drug-likeness (QED) is 0.0331. The molecule has 2 aliphatic carbocycles. The van der Waals surface area contributed by atoms with Crippen LogP contribution >= 0.6 is 0 Å². The number of urea groups is 2. The van der Waals surface area contributed by atoms with Gasteiger partial charge in [-0.05, 0) is 118 Å². The molecule has 10 rings (SSSR count). The monoisotopic (exact) mass is 1030 g/mol.